The average molecular weight is 207 g/mol. The van der Waals surface area contributed by atoms with E-state index in [0.29, 0.717) is 5.57 Å². The van der Waals surface area contributed by atoms with Gasteiger partial charge in [0.25, 0.3) is 0 Å². The molecule has 0 unspecified atom stereocenters. The summed E-state index contributed by atoms with van der Waals surface area (Å²) in [6, 6.07) is 0. The maximum absolute atomic E-state index is 11.3. The van der Waals surface area contributed by atoms with Gasteiger partial charge >= 0.3 is 0 Å². The minimum absolute atomic E-state index is 0.0554. The molecule has 0 aliphatic heterocycles. The molecular weight excluding hydrogens is 198 g/mol. The minimum Gasteiger partial charge on any atom is -0.290 e. The highest BCUT2D eigenvalue weighted by Gasteiger charge is 2.17. The second-order valence-electron chi connectivity index (χ2n) is 3.20. The smallest absolute Gasteiger partial charge is 0.243 e. The number of nitrogens with zero attached hydrogens (tertiary/aromatic N) is 1. The molecule has 78 valence electrons. The van der Waals surface area contributed by atoms with Crippen LogP contribution in [0.5, 0.6) is 0 Å². The van der Waals surface area contributed by atoms with Crippen LogP contribution in [-0.4, -0.2) is 16.5 Å². The van der Waals surface area contributed by atoms with Crippen LogP contribution in [0.1, 0.15) is 13.8 Å². The van der Waals surface area contributed by atoms with E-state index in [1.54, 1.807) is 0 Å². The van der Waals surface area contributed by atoms with Gasteiger partial charge in [0, 0.05) is 24.1 Å². The van der Waals surface area contributed by atoms with Gasteiger partial charge in [-0.05, 0) is 19.1 Å². The first-order valence-electron chi connectivity index (χ1n) is 4.23. The third-order valence-electron chi connectivity index (χ3n) is 1.96. The van der Waals surface area contributed by atoms with Crippen molar-refractivity contribution in [2.45, 2.75) is 13.8 Å². The summed E-state index contributed by atoms with van der Waals surface area (Å²) in [5.41, 5.74) is 0.228. The lowest BCUT2D eigenvalue weighted by Gasteiger charge is -2.04. The van der Waals surface area contributed by atoms with Crippen molar-refractivity contribution >= 4 is 11.6 Å². The largest absolute Gasteiger partial charge is 0.290 e. The quantitative estimate of drug-likeness (QED) is 0.387. The Morgan fingerprint density at radius 1 is 1.33 bits per heavy atom. The SMILES string of the molecule is CC1=CC(=O)C(/C=C(\C)[N+](=O)[O-])=CC1=O. The lowest BCUT2D eigenvalue weighted by molar-refractivity contribution is -0.424. The van der Waals surface area contributed by atoms with Crippen LogP contribution in [0.25, 0.3) is 0 Å². The molecule has 0 fully saturated rings. The Labute approximate surface area is 85.9 Å². The number of nitro groups is 1. The normalized spacial score (nSPS) is 17.3. The van der Waals surface area contributed by atoms with E-state index in [4.69, 9.17) is 0 Å². The van der Waals surface area contributed by atoms with Crippen LogP contribution in [0.4, 0.5) is 0 Å². The average Bonchev–Trinajstić information content (AvgIpc) is 2.13. The Balaban J connectivity index is 3.05. The van der Waals surface area contributed by atoms with Gasteiger partial charge in [-0.3, -0.25) is 19.7 Å². The molecule has 0 saturated carbocycles. The Morgan fingerprint density at radius 3 is 2.47 bits per heavy atom. The monoisotopic (exact) mass is 207 g/mol. The summed E-state index contributed by atoms with van der Waals surface area (Å²) < 4.78 is 0. The van der Waals surface area contributed by atoms with Gasteiger partial charge in [0.05, 0.1) is 4.92 Å². The molecule has 0 aromatic carbocycles. The zero-order chi connectivity index (χ0) is 11.6. The van der Waals surface area contributed by atoms with E-state index in [1.807, 2.05) is 0 Å². The maximum atomic E-state index is 11.3. The van der Waals surface area contributed by atoms with Crippen LogP contribution in [0.15, 0.2) is 35.1 Å². The molecule has 0 radical (unpaired) electrons. The molecule has 0 aromatic heterocycles. The van der Waals surface area contributed by atoms with Gasteiger partial charge in [-0.25, -0.2) is 0 Å². The molecule has 15 heavy (non-hydrogen) atoms. The lowest BCUT2D eigenvalue weighted by atomic mass is 9.97. The van der Waals surface area contributed by atoms with E-state index in [-0.39, 0.29) is 22.8 Å². The predicted molar refractivity (Wildman–Crippen MR) is 52.6 cm³/mol. The summed E-state index contributed by atoms with van der Waals surface area (Å²) in [7, 11) is 0. The first-order chi connectivity index (χ1) is 6.91. The summed E-state index contributed by atoms with van der Waals surface area (Å²) in [5.74, 6) is -0.676. The van der Waals surface area contributed by atoms with Crippen LogP contribution < -0.4 is 0 Å². The first-order valence-corrected chi connectivity index (χ1v) is 4.23. The van der Waals surface area contributed by atoms with E-state index in [0.717, 1.165) is 12.2 Å². The van der Waals surface area contributed by atoms with Gasteiger partial charge in [0.15, 0.2) is 11.6 Å². The third-order valence-corrected chi connectivity index (χ3v) is 1.96. The molecule has 0 bridgehead atoms. The van der Waals surface area contributed by atoms with Crippen molar-refractivity contribution in [2.75, 3.05) is 0 Å². The van der Waals surface area contributed by atoms with Gasteiger partial charge < -0.3 is 0 Å². The standard InChI is InChI=1S/C10H9NO4/c1-6-3-10(13)8(5-9(6)12)4-7(2)11(14)15/h3-5H,1-2H3/b7-4+. The van der Waals surface area contributed by atoms with Crippen molar-refractivity contribution in [3.8, 4) is 0 Å². The van der Waals surface area contributed by atoms with Crippen molar-refractivity contribution in [3.63, 3.8) is 0 Å². The van der Waals surface area contributed by atoms with Crippen molar-refractivity contribution < 1.29 is 14.5 Å². The first kappa shape index (κ1) is 11.0. The van der Waals surface area contributed by atoms with E-state index < -0.39 is 4.92 Å². The molecule has 0 atom stereocenters. The second kappa shape index (κ2) is 4.00. The Kier molecular flexibility index (Phi) is 2.94. The fraction of sp³-hybridized carbons (Fsp3) is 0.200. The molecule has 0 amide bonds. The second-order valence-corrected chi connectivity index (χ2v) is 3.20. The highest BCUT2D eigenvalue weighted by Crippen LogP contribution is 2.14. The van der Waals surface area contributed by atoms with Gasteiger partial charge in [-0.15, -0.1) is 0 Å². The molecule has 0 aromatic rings. The Morgan fingerprint density at radius 2 is 1.93 bits per heavy atom. The third kappa shape index (κ3) is 2.46. The number of carbonyl (C=O) groups excluding carboxylic acids is 2. The molecule has 1 rings (SSSR count). The minimum atomic E-state index is -0.607. The number of ketones is 2. The molecule has 0 saturated heterocycles. The molecule has 0 N–H and O–H groups in total. The summed E-state index contributed by atoms with van der Waals surface area (Å²) >= 11 is 0. The van der Waals surface area contributed by atoms with Crippen LogP contribution in [-0.2, 0) is 9.59 Å². The van der Waals surface area contributed by atoms with Crippen molar-refractivity contribution in [2.24, 2.45) is 0 Å². The topological polar surface area (TPSA) is 77.3 Å². The Hall–Kier alpha value is -2.04. The van der Waals surface area contributed by atoms with E-state index in [2.05, 4.69) is 0 Å². The van der Waals surface area contributed by atoms with Crippen LogP contribution in [0.2, 0.25) is 0 Å². The zero-order valence-corrected chi connectivity index (χ0v) is 8.31. The van der Waals surface area contributed by atoms with Crippen molar-refractivity contribution in [1.29, 1.82) is 0 Å². The number of rotatable bonds is 2. The molecule has 0 spiro atoms. The fourth-order valence-electron chi connectivity index (χ4n) is 1.07. The number of hydrogen-bond donors (Lipinski definition) is 0. The molecule has 5 nitrogen and oxygen atoms in total. The number of hydrogen-bond acceptors (Lipinski definition) is 4. The van der Waals surface area contributed by atoms with E-state index >= 15 is 0 Å². The van der Waals surface area contributed by atoms with Crippen LogP contribution in [0.3, 0.4) is 0 Å². The van der Waals surface area contributed by atoms with Gasteiger partial charge in [-0.2, -0.15) is 0 Å². The number of allylic oxidation sites excluding steroid dienone is 6. The summed E-state index contributed by atoms with van der Waals surface area (Å²) in [4.78, 5) is 32.3. The van der Waals surface area contributed by atoms with Gasteiger partial charge in [0.2, 0.25) is 5.70 Å². The van der Waals surface area contributed by atoms with Crippen LogP contribution in [0, 0.1) is 10.1 Å². The summed E-state index contributed by atoms with van der Waals surface area (Å²) in [5, 5.41) is 10.3. The molecule has 1 aliphatic rings. The molecule has 0 heterocycles. The van der Waals surface area contributed by atoms with E-state index in [1.165, 1.54) is 19.9 Å². The highest BCUT2D eigenvalue weighted by atomic mass is 16.6. The van der Waals surface area contributed by atoms with E-state index in [9.17, 15) is 19.7 Å². The molecular formula is C10H9NO4. The maximum Gasteiger partial charge on any atom is 0.243 e. The summed E-state index contributed by atoms with van der Waals surface area (Å²) in [6.07, 6.45) is 3.40. The predicted octanol–water partition coefficient (Wildman–Crippen LogP) is 1.19. The van der Waals surface area contributed by atoms with Gasteiger partial charge in [0.1, 0.15) is 0 Å². The highest BCUT2D eigenvalue weighted by molar-refractivity contribution is 6.20. The van der Waals surface area contributed by atoms with Crippen molar-refractivity contribution in [3.05, 3.63) is 45.2 Å². The van der Waals surface area contributed by atoms with Crippen molar-refractivity contribution in [1.82, 2.24) is 0 Å². The lowest BCUT2D eigenvalue weighted by Crippen LogP contribution is -2.11. The number of carbonyl (C=O) groups is 2. The van der Waals surface area contributed by atoms with Crippen LogP contribution >= 0.6 is 0 Å². The Bertz CT molecular complexity index is 440. The molecule has 5 heteroatoms. The zero-order valence-electron chi connectivity index (χ0n) is 8.31. The fourth-order valence-corrected chi connectivity index (χ4v) is 1.07. The molecule has 1 aliphatic carbocycles. The summed E-state index contributed by atoms with van der Waals surface area (Å²) in [6.45, 7) is 2.79. The van der Waals surface area contributed by atoms with Gasteiger partial charge in [-0.1, -0.05) is 0 Å².